The van der Waals surface area contributed by atoms with E-state index < -0.39 is 0 Å². The van der Waals surface area contributed by atoms with Gasteiger partial charge < -0.3 is 0 Å². The van der Waals surface area contributed by atoms with Crippen LogP contribution in [0.5, 0.6) is 0 Å². The van der Waals surface area contributed by atoms with Crippen molar-refractivity contribution in [3.8, 4) is 11.8 Å². The number of hydrogen-bond donors (Lipinski definition) is 0. The fourth-order valence-corrected chi connectivity index (χ4v) is 1.19. The van der Waals surface area contributed by atoms with Crippen molar-refractivity contribution in [1.29, 1.82) is 0 Å². The van der Waals surface area contributed by atoms with Crippen LogP contribution in [0.4, 0.5) is 0 Å². The molecule has 1 nitrogen and oxygen atoms in total. The third kappa shape index (κ3) is 2.52. The second-order valence-electron chi connectivity index (χ2n) is 2.22. The molecule has 1 aromatic carbocycles. The maximum Gasteiger partial charge on any atom is 0.193 e. The predicted octanol–water partition coefficient (Wildman–Crippen LogP) is 2.13. The van der Waals surface area contributed by atoms with E-state index in [0.29, 0.717) is 6.29 Å². The highest BCUT2D eigenvalue weighted by Gasteiger charge is 1.89. The first kappa shape index (κ1) is 9.02. The Morgan fingerprint density at radius 1 is 1.50 bits per heavy atom. The molecule has 2 heteroatoms. The van der Waals surface area contributed by atoms with Crippen LogP contribution in [0, 0.1) is 11.8 Å². The van der Waals surface area contributed by atoms with Gasteiger partial charge in [-0.1, -0.05) is 34.0 Å². The van der Waals surface area contributed by atoms with Crippen molar-refractivity contribution in [2.24, 2.45) is 0 Å². The highest BCUT2D eigenvalue weighted by molar-refractivity contribution is 9.08. The number of rotatable bonds is 1. The van der Waals surface area contributed by atoms with Crippen LogP contribution in [0.25, 0.3) is 0 Å². The van der Waals surface area contributed by atoms with Crippen LogP contribution < -0.4 is 0 Å². The number of aldehydes is 1. The molecule has 0 fully saturated rings. The number of carbonyl (C=O) groups is 1. The number of benzene rings is 1. The fraction of sp³-hybridized carbons (Fsp3) is 0.100. The smallest absolute Gasteiger partial charge is 0.193 e. The van der Waals surface area contributed by atoms with Gasteiger partial charge >= 0.3 is 0 Å². The normalized spacial score (nSPS) is 8.42. The number of carbonyl (C=O) groups excluding carboxylic acids is 1. The molecule has 1 aromatic rings. The van der Waals surface area contributed by atoms with Gasteiger partial charge in [0, 0.05) is 10.9 Å². The van der Waals surface area contributed by atoms with Crippen molar-refractivity contribution >= 4 is 22.2 Å². The molecular weight excluding hydrogens is 216 g/mol. The molecular formula is C10H7BrO. The second kappa shape index (κ2) is 4.74. The molecule has 0 spiro atoms. The summed E-state index contributed by atoms with van der Waals surface area (Å²) in [5.74, 6) is 5.10. The van der Waals surface area contributed by atoms with E-state index in [4.69, 9.17) is 0 Å². The molecule has 0 N–H and O–H groups in total. The van der Waals surface area contributed by atoms with Gasteiger partial charge in [0.15, 0.2) is 6.29 Å². The molecule has 0 radical (unpaired) electrons. The van der Waals surface area contributed by atoms with Gasteiger partial charge in [-0.15, -0.1) is 0 Å². The molecule has 0 amide bonds. The van der Waals surface area contributed by atoms with Crippen molar-refractivity contribution in [1.82, 2.24) is 0 Å². The lowest BCUT2D eigenvalue weighted by atomic mass is 10.1. The minimum Gasteiger partial charge on any atom is -0.289 e. The van der Waals surface area contributed by atoms with Crippen LogP contribution in [0.15, 0.2) is 24.3 Å². The lowest BCUT2D eigenvalue weighted by Crippen LogP contribution is -1.79. The van der Waals surface area contributed by atoms with Crippen LogP contribution >= 0.6 is 15.9 Å². The third-order valence-corrected chi connectivity index (χ3v) is 2.00. The fourth-order valence-electron chi connectivity index (χ4n) is 0.845. The lowest BCUT2D eigenvalue weighted by Gasteiger charge is -1.94. The van der Waals surface area contributed by atoms with Crippen LogP contribution in [0.2, 0.25) is 0 Å². The zero-order valence-electron chi connectivity index (χ0n) is 6.38. The topological polar surface area (TPSA) is 17.1 Å². The van der Waals surface area contributed by atoms with Gasteiger partial charge in [0.05, 0.1) is 0 Å². The summed E-state index contributed by atoms with van der Waals surface area (Å²) in [6, 6.07) is 7.75. The van der Waals surface area contributed by atoms with Crippen molar-refractivity contribution in [2.45, 2.75) is 5.33 Å². The van der Waals surface area contributed by atoms with Crippen LogP contribution in [0.1, 0.15) is 11.1 Å². The highest BCUT2D eigenvalue weighted by Crippen LogP contribution is 2.07. The Balaban J connectivity index is 2.93. The first-order chi connectivity index (χ1) is 5.86. The average Bonchev–Trinajstić information content (AvgIpc) is 2.15. The molecule has 0 atom stereocenters. The standard InChI is InChI=1S/C10H7BrO/c11-8-10-4-1-3-9(7-10)5-2-6-12/h1,3-4,6-7H,8H2. The quantitative estimate of drug-likeness (QED) is 0.405. The summed E-state index contributed by atoms with van der Waals surface area (Å²) >= 11 is 3.34. The van der Waals surface area contributed by atoms with Gasteiger partial charge in [0.25, 0.3) is 0 Å². The van der Waals surface area contributed by atoms with E-state index in [1.54, 1.807) is 0 Å². The molecule has 0 aliphatic rings. The summed E-state index contributed by atoms with van der Waals surface area (Å²) in [7, 11) is 0. The summed E-state index contributed by atoms with van der Waals surface area (Å²) in [5.41, 5.74) is 2.03. The largest absolute Gasteiger partial charge is 0.289 e. The molecule has 0 heterocycles. The van der Waals surface area contributed by atoms with Gasteiger partial charge in [0.1, 0.15) is 0 Å². The Morgan fingerprint density at radius 3 is 3.00 bits per heavy atom. The average molecular weight is 223 g/mol. The lowest BCUT2D eigenvalue weighted by molar-refractivity contribution is -0.103. The Bertz CT molecular complexity index is 333. The summed E-state index contributed by atoms with van der Waals surface area (Å²) in [6.45, 7) is 0. The van der Waals surface area contributed by atoms with E-state index >= 15 is 0 Å². The predicted molar refractivity (Wildman–Crippen MR) is 52.0 cm³/mol. The van der Waals surface area contributed by atoms with Crippen LogP contribution in [-0.4, -0.2) is 6.29 Å². The Kier molecular flexibility index (Phi) is 3.56. The van der Waals surface area contributed by atoms with Gasteiger partial charge in [-0.2, -0.15) is 0 Å². The summed E-state index contributed by atoms with van der Waals surface area (Å²) in [4.78, 5) is 9.95. The van der Waals surface area contributed by atoms with Crippen LogP contribution in [0.3, 0.4) is 0 Å². The molecule has 60 valence electrons. The summed E-state index contributed by atoms with van der Waals surface area (Å²) in [6.07, 6.45) is 0.598. The Hall–Kier alpha value is -1.07. The van der Waals surface area contributed by atoms with E-state index in [1.807, 2.05) is 24.3 Å². The highest BCUT2D eigenvalue weighted by atomic mass is 79.9. The second-order valence-corrected chi connectivity index (χ2v) is 2.78. The van der Waals surface area contributed by atoms with E-state index in [-0.39, 0.29) is 0 Å². The van der Waals surface area contributed by atoms with Gasteiger partial charge in [0.2, 0.25) is 0 Å². The molecule has 0 aliphatic heterocycles. The minimum atomic E-state index is 0.598. The maximum atomic E-state index is 9.95. The maximum absolute atomic E-state index is 9.95. The van der Waals surface area contributed by atoms with E-state index in [2.05, 4.69) is 27.8 Å². The molecule has 0 aliphatic carbocycles. The van der Waals surface area contributed by atoms with Gasteiger partial charge in [-0.25, -0.2) is 0 Å². The number of alkyl halides is 1. The van der Waals surface area contributed by atoms with Gasteiger partial charge in [-0.05, 0) is 23.6 Å². The molecule has 0 aromatic heterocycles. The zero-order chi connectivity index (χ0) is 8.81. The van der Waals surface area contributed by atoms with Crippen molar-refractivity contribution in [3.05, 3.63) is 35.4 Å². The first-order valence-electron chi connectivity index (χ1n) is 3.47. The first-order valence-corrected chi connectivity index (χ1v) is 4.59. The van der Waals surface area contributed by atoms with Crippen molar-refractivity contribution in [3.63, 3.8) is 0 Å². The number of hydrogen-bond acceptors (Lipinski definition) is 1. The Labute approximate surface area is 79.9 Å². The van der Waals surface area contributed by atoms with Crippen molar-refractivity contribution < 1.29 is 4.79 Å². The Morgan fingerprint density at radius 2 is 2.33 bits per heavy atom. The van der Waals surface area contributed by atoms with E-state index in [0.717, 1.165) is 16.5 Å². The molecule has 0 unspecified atom stereocenters. The van der Waals surface area contributed by atoms with Crippen molar-refractivity contribution in [2.75, 3.05) is 0 Å². The van der Waals surface area contributed by atoms with Crippen LogP contribution in [-0.2, 0) is 10.1 Å². The van der Waals surface area contributed by atoms with E-state index in [1.165, 1.54) is 0 Å². The number of halogens is 1. The van der Waals surface area contributed by atoms with E-state index in [9.17, 15) is 4.79 Å². The molecule has 1 rings (SSSR count). The monoisotopic (exact) mass is 222 g/mol. The van der Waals surface area contributed by atoms with Gasteiger partial charge in [-0.3, -0.25) is 4.79 Å². The molecule has 12 heavy (non-hydrogen) atoms. The minimum absolute atomic E-state index is 0.598. The molecule has 0 bridgehead atoms. The summed E-state index contributed by atoms with van der Waals surface area (Å²) < 4.78 is 0. The third-order valence-electron chi connectivity index (χ3n) is 1.36. The summed E-state index contributed by atoms with van der Waals surface area (Å²) in [5, 5.41) is 0.809. The molecule has 0 saturated heterocycles. The molecule has 0 saturated carbocycles. The SMILES string of the molecule is O=CC#Cc1cccc(CBr)c1. The zero-order valence-corrected chi connectivity index (χ0v) is 7.97.